The van der Waals surface area contributed by atoms with Gasteiger partial charge in [0.05, 0.1) is 20.9 Å². The molecule has 0 saturated heterocycles. The number of allylic oxidation sites excluding steroid dienone is 2. The molecule has 7 rings (SSSR count). The largest absolute Gasteiger partial charge is 0.425 e. The molecule has 0 spiro atoms. The molecule has 0 aromatic carbocycles. The third-order valence-electron chi connectivity index (χ3n) is 8.23. The van der Waals surface area contributed by atoms with Crippen molar-refractivity contribution in [3.05, 3.63) is 91.3 Å². The zero-order valence-electron chi connectivity index (χ0n) is 26.5. The van der Waals surface area contributed by atoms with Gasteiger partial charge in [-0.2, -0.15) is 79.0 Å². The minimum atomic E-state index is -6.36. The Morgan fingerprint density at radius 2 is 0.737 bits per heavy atom. The highest BCUT2D eigenvalue weighted by molar-refractivity contribution is 7.27. The van der Waals surface area contributed by atoms with Gasteiger partial charge in [-0.15, -0.1) is 68.0 Å². The topological polar surface area (TPSA) is 0 Å². The third kappa shape index (κ3) is 7.04. The molecule has 1 aliphatic rings. The van der Waals surface area contributed by atoms with Crippen LogP contribution in [0.25, 0.3) is 50.2 Å². The van der Waals surface area contributed by atoms with E-state index in [2.05, 4.69) is 0 Å². The van der Waals surface area contributed by atoms with Crippen molar-refractivity contribution < 1.29 is 79.0 Å². The number of hydrogen-bond donors (Lipinski definition) is 0. The molecule has 6 aromatic rings. The highest BCUT2D eigenvalue weighted by Crippen LogP contribution is 2.68. The van der Waals surface area contributed by atoms with Gasteiger partial charge in [0.2, 0.25) is 0 Å². The van der Waals surface area contributed by atoms with Crippen LogP contribution in [0.15, 0.2) is 59.3 Å². The maximum Gasteiger partial charge on any atom is 0.425 e. The lowest BCUT2D eigenvalue weighted by atomic mass is 9.94. The average molecular weight is 941 g/mol. The second-order valence-electron chi connectivity index (χ2n) is 11.9. The molecular weight excluding hydrogens is 931 g/mol. The second kappa shape index (κ2) is 13.3. The van der Waals surface area contributed by atoms with Gasteiger partial charge in [0.25, 0.3) is 0 Å². The minimum Gasteiger partial charge on any atom is -0.194 e. The van der Waals surface area contributed by atoms with Crippen molar-refractivity contribution in [3.63, 3.8) is 0 Å². The molecule has 0 amide bonds. The summed E-state index contributed by atoms with van der Waals surface area (Å²) in [5.41, 5.74) is -9.51. The molecule has 0 fully saturated rings. The standard InChI is InChI=1S/C33H10F18S6/c34-27(35)23(13-7-19(17-5-11(9-52-17)29(38,39)40)56-25(13)15-1-3-21(54-15)31(44,45)46)24(28(36,37)33(27,50)51)14-8-20(18-6-12(10-53-18)30(41,42)43)57-26(14)16-2-4-22(55-16)32(47,48)49/h1-10H. The lowest BCUT2D eigenvalue weighted by Crippen LogP contribution is -2.48. The summed E-state index contributed by atoms with van der Waals surface area (Å²) in [5.74, 6) is -18.2. The molecule has 0 N–H and O–H groups in total. The molecule has 6 heterocycles. The Hall–Kier alpha value is -3.32. The molecule has 1 aliphatic carbocycles. The van der Waals surface area contributed by atoms with Crippen molar-refractivity contribution in [2.45, 2.75) is 42.5 Å². The van der Waals surface area contributed by atoms with Crippen molar-refractivity contribution in [2.75, 3.05) is 0 Å². The van der Waals surface area contributed by atoms with Gasteiger partial charge in [-0.1, -0.05) is 0 Å². The SMILES string of the molecule is FC(F)(F)c1csc(-c2cc(C3=C(c4cc(-c5cc(C(F)(F)F)cs5)sc4-c4ccc(C(F)(F)F)s4)C(F)(F)C(F)(F)C3(F)F)c(-c3ccc(C(F)(F)F)s3)s2)c1. The van der Waals surface area contributed by atoms with Gasteiger partial charge in [0.1, 0.15) is 9.75 Å². The Morgan fingerprint density at radius 1 is 0.386 bits per heavy atom. The molecule has 0 aliphatic heterocycles. The second-order valence-corrected chi connectivity index (χ2v) is 18.0. The van der Waals surface area contributed by atoms with E-state index in [-0.39, 0.29) is 55.1 Å². The molecule has 6 aromatic heterocycles. The number of alkyl halides is 18. The molecule has 0 radical (unpaired) electrons. The molecule has 0 bridgehead atoms. The molecule has 0 nitrogen and oxygen atoms in total. The summed E-state index contributed by atoms with van der Waals surface area (Å²) in [6.45, 7) is 0. The van der Waals surface area contributed by atoms with Gasteiger partial charge in [0, 0.05) is 62.3 Å². The van der Waals surface area contributed by atoms with Crippen LogP contribution in [0.5, 0.6) is 0 Å². The van der Waals surface area contributed by atoms with Gasteiger partial charge in [-0.05, 0) is 48.5 Å². The zero-order valence-corrected chi connectivity index (χ0v) is 31.4. The van der Waals surface area contributed by atoms with Gasteiger partial charge in [-0.3, -0.25) is 0 Å². The van der Waals surface area contributed by atoms with Gasteiger partial charge < -0.3 is 0 Å². The molecule has 0 unspecified atom stereocenters. The van der Waals surface area contributed by atoms with Gasteiger partial charge >= 0.3 is 42.5 Å². The first kappa shape index (κ1) is 41.8. The lowest BCUT2D eigenvalue weighted by Gasteiger charge is -2.25. The number of thiophene rings is 6. The Morgan fingerprint density at radius 3 is 1.02 bits per heavy atom. The van der Waals surface area contributed by atoms with E-state index >= 15 is 26.3 Å². The van der Waals surface area contributed by atoms with Crippen LogP contribution in [-0.4, -0.2) is 17.8 Å². The summed E-state index contributed by atoms with van der Waals surface area (Å²) in [5, 5.41) is 1.14. The van der Waals surface area contributed by atoms with E-state index in [0.717, 1.165) is 0 Å². The Bertz CT molecular complexity index is 2340. The van der Waals surface area contributed by atoms with E-state index in [4.69, 9.17) is 0 Å². The first-order valence-electron chi connectivity index (χ1n) is 14.9. The van der Waals surface area contributed by atoms with E-state index in [0.29, 0.717) is 82.0 Å². The minimum absolute atomic E-state index is 0.135. The highest BCUT2D eigenvalue weighted by Gasteiger charge is 2.80. The summed E-state index contributed by atoms with van der Waals surface area (Å²) in [7, 11) is 0. The van der Waals surface area contributed by atoms with Crippen molar-refractivity contribution in [3.8, 4) is 39.0 Å². The predicted octanol–water partition coefficient (Wildman–Crippen LogP) is 16.6. The van der Waals surface area contributed by atoms with Crippen LogP contribution in [0.2, 0.25) is 0 Å². The fourth-order valence-electron chi connectivity index (χ4n) is 5.65. The number of hydrogen-bond acceptors (Lipinski definition) is 6. The van der Waals surface area contributed by atoms with E-state index in [1.807, 2.05) is 0 Å². The van der Waals surface area contributed by atoms with E-state index < -0.39 is 115 Å². The smallest absolute Gasteiger partial charge is 0.194 e. The molecule has 57 heavy (non-hydrogen) atoms. The third-order valence-corrected chi connectivity index (χ3v) is 15.4. The Labute approximate surface area is 329 Å². The van der Waals surface area contributed by atoms with Crippen molar-refractivity contribution in [1.29, 1.82) is 0 Å². The highest BCUT2D eigenvalue weighted by atomic mass is 32.1. The van der Waals surface area contributed by atoms with Crippen LogP contribution < -0.4 is 0 Å². The van der Waals surface area contributed by atoms with Crippen LogP contribution in [-0.2, 0) is 24.7 Å². The number of halogens is 18. The Balaban J connectivity index is 1.57. The maximum atomic E-state index is 16.3. The average Bonchev–Trinajstić information content (AvgIpc) is 3.91. The predicted molar refractivity (Wildman–Crippen MR) is 184 cm³/mol. The van der Waals surface area contributed by atoms with Crippen LogP contribution in [0.1, 0.15) is 32.0 Å². The lowest BCUT2D eigenvalue weighted by molar-refractivity contribution is -0.254. The molecule has 24 heteroatoms. The van der Waals surface area contributed by atoms with E-state index in [9.17, 15) is 52.7 Å². The summed E-state index contributed by atoms with van der Waals surface area (Å²) in [6.07, 6.45) is -20.1. The molecular formula is C33H10F18S6. The quantitative estimate of drug-likeness (QED) is 0.146. The summed E-state index contributed by atoms with van der Waals surface area (Å²) in [6, 6.07) is 4.34. The summed E-state index contributed by atoms with van der Waals surface area (Å²) >= 11 is 0.862. The summed E-state index contributed by atoms with van der Waals surface area (Å²) in [4.78, 5) is -7.21. The van der Waals surface area contributed by atoms with Crippen molar-refractivity contribution in [1.82, 2.24) is 0 Å². The maximum absolute atomic E-state index is 16.3. The van der Waals surface area contributed by atoms with Gasteiger partial charge in [0.15, 0.2) is 0 Å². The van der Waals surface area contributed by atoms with Crippen LogP contribution in [0, 0.1) is 0 Å². The van der Waals surface area contributed by atoms with Crippen molar-refractivity contribution in [2.24, 2.45) is 0 Å². The van der Waals surface area contributed by atoms with E-state index in [1.165, 1.54) is 0 Å². The van der Waals surface area contributed by atoms with Crippen LogP contribution in [0.4, 0.5) is 79.0 Å². The normalized spacial score (nSPS) is 17.3. The van der Waals surface area contributed by atoms with Crippen LogP contribution >= 0.6 is 68.0 Å². The first-order valence-corrected chi connectivity index (χ1v) is 19.9. The Kier molecular flexibility index (Phi) is 9.79. The zero-order chi connectivity index (χ0) is 42.1. The number of rotatable bonds is 6. The van der Waals surface area contributed by atoms with Crippen LogP contribution in [0.3, 0.4) is 0 Å². The summed E-state index contributed by atoms with van der Waals surface area (Å²) < 4.78 is 259. The fraction of sp³-hybridized carbons (Fsp3) is 0.212. The fourth-order valence-corrected chi connectivity index (χ4v) is 12.0. The van der Waals surface area contributed by atoms with Gasteiger partial charge in [-0.25, -0.2) is 0 Å². The van der Waals surface area contributed by atoms with Crippen molar-refractivity contribution >= 4 is 79.2 Å². The molecule has 0 atom stereocenters. The first-order chi connectivity index (χ1) is 26.0. The molecule has 0 saturated carbocycles. The monoisotopic (exact) mass is 940 g/mol. The molecule has 304 valence electrons. The van der Waals surface area contributed by atoms with E-state index in [1.54, 1.807) is 0 Å².